The van der Waals surface area contributed by atoms with Crippen LogP contribution in [0.2, 0.25) is 0 Å². The van der Waals surface area contributed by atoms with E-state index < -0.39 is 120 Å². The van der Waals surface area contributed by atoms with Crippen molar-refractivity contribution in [1.82, 2.24) is 42.5 Å². The Morgan fingerprint density at radius 2 is 0.924 bits per heavy atom. The highest BCUT2D eigenvalue weighted by Crippen LogP contribution is 2.14. The van der Waals surface area contributed by atoms with Crippen LogP contribution >= 0.6 is 0 Å². The number of unbranched alkanes of at least 4 members (excludes halogenated alkanes) is 1. The van der Waals surface area contributed by atoms with Crippen LogP contribution in [0.5, 0.6) is 0 Å². The monoisotopic (exact) mass is 931 g/mol. The largest absolute Gasteiger partial charge is 0.480 e. The molecule has 0 saturated heterocycles. The Labute approximate surface area is 389 Å². The van der Waals surface area contributed by atoms with Crippen molar-refractivity contribution in [1.29, 1.82) is 0 Å². The van der Waals surface area contributed by atoms with Crippen LogP contribution < -0.4 is 54.0 Å². The molecule has 0 radical (unpaired) electrons. The maximum atomic E-state index is 14.1. The van der Waals surface area contributed by atoms with Gasteiger partial charge in [0, 0.05) is 6.42 Å². The molecule has 13 N–H and O–H groups in total. The Morgan fingerprint density at radius 3 is 1.39 bits per heavy atom. The lowest BCUT2D eigenvalue weighted by atomic mass is 9.97. The maximum Gasteiger partial charge on any atom is 0.326 e. The van der Waals surface area contributed by atoms with Gasteiger partial charge in [-0.3, -0.25) is 38.4 Å². The molecule has 0 bridgehead atoms. The van der Waals surface area contributed by atoms with Crippen molar-refractivity contribution in [2.75, 3.05) is 19.6 Å². The molecule has 0 unspecified atom stereocenters. The molecule has 20 heteroatoms. The lowest BCUT2D eigenvalue weighted by molar-refractivity contribution is -0.143. The van der Waals surface area contributed by atoms with Gasteiger partial charge in [-0.1, -0.05) is 99.6 Å². The Balaban J connectivity index is 3.37. The van der Waals surface area contributed by atoms with E-state index in [1.54, 1.807) is 71.9 Å². The fourth-order valence-electron chi connectivity index (χ4n) is 6.86. The van der Waals surface area contributed by atoms with E-state index in [2.05, 4.69) is 42.5 Å². The number of aliphatic carboxylic acids is 1. The third-order valence-corrected chi connectivity index (χ3v) is 10.6. The summed E-state index contributed by atoms with van der Waals surface area (Å²) in [5.74, 6) is -8.20. The highest BCUT2D eigenvalue weighted by atomic mass is 16.4. The van der Waals surface area contributed by atoms with E-state index >= 15 is 0 Å². The normalized spacial score (nSPS) is 14.6. The van der Waals surface area contributed by atoms with E-state index in [9.17, 15) is 48.3 Å². The SMILES string of the molecule is CC(C)C[C@H](NC(=O)CNC(=O)CN)C(=O)N[C@@H](CC(C)C)C(=O)N[C@@H](CCCCN)C(=O)N[C@H](C(=O)N[C@H](C(=O)N[C@@H](Cc1ccccc1)C(=O)N[C@H](C(=O)O)C(C)C)C(C)C)C(C)C. The van der Waals surface area contributed by atoms with Crippen molar-refractivity contribution in [3.63, 3.8) is 0 Å². The molecule has 0 fully saturated rings. The average molecular weight is 931 g/mol. The van der Waals surface area contributed by atoms with E-state index in [0.29, 0.717) is 24.9 Å². The first-order valence-corrected chi connectivity index (χ1v) is 23.0. The summed E-state index contributed by atoms with van der Waals surface area (Å²) in [5.41, 5.74) is 11.7. The van der Waals surface area contributed by atoms with Gasteiger partial charge in [-0.15, -0.1) is 0 Å². The summed E-state index contributed by atoms with van der Waals surface area (Å²) in [4.78, 5) is 120. The van der Waals surface area contributed by atoms with E-state index in [-0.39, 0.29) is 44.1 Å². The van der Waals surface area contributed by atoms with Crippen molar-refractivity contribution in [2.24, 2.45) is 41.1 Å². The summed E-state index contributed by atoms with van der Waals surface area (Å²) < 4.78 is 0. The Morgan fingerprint density at radius 1 is 0.500 bits per heavy atom. The number of hydrogen-bond donors (Lipinski definition) is 11. The number of amides is 8. The Bertz CT molecular complexity index is 1760. The Hall–Kier alpha value is -5.63. The predicted molar refractivity (Wildman–Crippen MR) is 250 cm³/mol. The number of nitrogens with two attached hydrogens (primary N) is 2. The fraction of sp³-hybridized carbons (Fsp3) is 0.674. The van der Waals surface area contributed by atoms with Gasteiger partial charge in [-0.25, -0.2) is 4.79 Å². The molecule has 8 amide bonds. The van der Waals surface area contributed by atoms with Crippen LogP contribution in [0.25, 0.3) is 0 Å². The number of carboxylic acids is 1. The molecule has 0 saturated carbocycles. The van der Waals surface area contributed by atoms with Crippen LogP contribution in [-0.4, -0.2) is 120 Å². The third-order valence-electron chi connectivity index (χ3n) is 10.6. The Kier molecular flexibility index (Phi) is 26.4. The number of nitrogens with one attached hydrogen (secondary N) is 8. The fourth-order valence-corrected chi connectivity index (χ4v) is 6.86. The molecule has 372 valence electrons. The van der Waals surface area contributed by atoms with Gasteiger partial charge in [-0.05, 0) is 73.8 Å². The molecular formula is C46H78N10O10. The molecule has 0 aliphatic carbocycles. The second-order valence-corrected chi connectivity index (χ2v) is 18.5. The van der Waals surface area contributed by atoms with Crippen LogP contribution in [0.3, 0.4) is 0 Å². The van der Waals surface area contributed by atoms with Crippen molar-refractivity contribution in [2.45, 2.75) is 150 Å². The topological polar surface area (TPSA) is 322 Å². The smallest absolute Gasteiger partial charge is 0.326 e. The summed E-state index contributed by atoms with van der Waals surface area (Å²) in [6.07, 6.45) is 1.49. The first kappa shape index (κ1) is 58.4. The molecule has 1 aromatic rings. The molecule has 0 aliphatic rings. The van der Waals surface area contributed by atoms with Gasteiger partial charge in [0.15, 0.2) is 0 Å². The summed E-state index contributed by atoms with van der Waals surface area (Å²) >= 11 is 0. The first-order chi connectivity index (χ1) is 30.9. The van der Waals surface area contributed by atoms with Gasteiger partial charge in [0.2, 0.25) is 47.3 Å². The van der Waals surface area contributed by atoms with Gasteiger partial charge >= 0.3 is 5.97 Å². The summed E-state index contributed by atoms with van der Waals surface area (Å²) in [5, 5.41) is 30.9. The zero-order valence-electron chi connectivity index (χ0n) is 40.5. The maximum absolute atomic E-state index is 14.1. The standard InChI is InChI=1S/C46H78N10O10/c1-25(2)20-32(50-36(58)24-49-35(57)23-48)41(60)52-33(21-26(3)4)42(61)51-31(18-14-15-19-47)40(59)54-38(28(7)8)45(64)55-37(27(5)6)44(63)53-34(22-30-16-12-11-13-17-30)43(62)56-39(29(9)10)46(65)66/h11-13,16-17,25-29,31-34,37-39H,14-15,18-24,47-48H2,1-10H3,(H,49,57)(H,50,58)(H,51,61)(H,52,60)(H,53,63)(H,54,59)(H,55,64)(H,56,62)(H,65,66)/t31-,32-,33-,34-,37-,38-,39-/m0/s1. The number of carboxylic acid groups (broad SMARTS) is 1. The van der Waals surface area contributed by atoms with Crippen molar-refractivity contribution in [3.8, 4) is 0 Å². The summed E-state index contributed by atoms with van der Waals surface area (Å²) in [7, 11) is 0. The highest BCUT2D eigenvalue weighted by molar-refractivity contribution is 5.98. The zero-order valence-corrected chi connectivity index (χ0v) is 40.5. The lowest BCUT2D eigenvalue weighted by Crippen LogP contribution is -2.62. The molecule has 1 rings (SSSR count). The van der Waals surface area contributed by atoms with E-state index in [4.69, 9.17) is 11.5 Å². The summed E-state index contributed by atoms with van der Waals surface area (Å²) in [6.45, 7) is 17.0. The van der Waals surface area contributed by atoms with Gasteiger partial charge in [0.25, 0.3) is 0 Å². The lowest BCUT2D eigenvalue weighted by Gasteiger charge is -2.30. The third kappa shape index (κ3) is 21.6. The number of rotatable bonds is 30. The zero-order chi connectivity index (χ0) is 50.3. The minimum absolute atomic E-state index is 0.0247. The summed E-state index contributed by atoms with van der Waals surface area (Å²) in [6, 6.07) is 0.636. The van der Waals surface area contributed by atoms with Crippen LogP contribution in [0, 0.1) is 29.6 Å². The quantitative estimate of drug-likeness (QED) is 0.0454. The average Bonchev–Trinajstić information content (AvgIpc) is 3.23. The van der Waals surface area contributed by atoms with Crippen LogP contribution in [0.15, 0.2) is 30.3 Å². The minimum Gasteiger partial charge on any atom is -0.480 e. The minimum atomic E-state index is -1.23. The van der Waals surface area contributed by atoms with Crippen molar-refractivity contribution in [3.05, 3.63) is 35.9 Å². The molecule has 7 atom stereocenters. The van der Waals surface area contributed by atoms with Crippen molar-refractivity contribution >= 4 is 53.2 Å². The van der Waals surface area contributed by atoms with Gasteiger partial charge in [0.1, 0.15) is 42.3 Å². The molecule has 66 heavy (non-hydrogen) atoms. The van der Waals surface area contributed by atoms with Crippen LogP contribution in [0.4, 0.5) is 0 Å². The van der Waals surface area contributed by atoms with Crippen molar-refractivity contribution < 1.29 is 48.3 Å². The van der Waals surface area contributed by atoms with E-state index in [1.807, 2.05) is 27.7 Å². The van der Waals surface area contributed by atoms with Gasteiger partial charge < -0.3 is 59.1 Å². The van der Waals surface area contributed by atoms with E-state index in [0.717, 1.165) is 0 Å². The molecule has 0 spiro atoms. The number of hydrogen-bond acceptors (Lipinski definition) is 11. The number of carbonyl (C=O) groups is 9. The second kappa shape index (κ2) is 29.8. The first-order valence-electron chi connectivity index (χ1n) is 23.0. The number of benzene rings is 1. The molecule has 0 aliphatic heterocycles. The molecule has 0 aromatic heterocycles. The van der Waals surface area contributed by atoms with Gasteiger partial charge in [-0.2, -0.15) is 0 Å². The van der Waals surface area contributed by atoms with E-state index in [1.165, 1.54) is 0 Å². The molecule has 0 heterocycles. The highest BCUT2D eigenvalue weighted by Gasteiger charge is 2.36. The number of carbonyl (C=O) groups excluding carboxylic acids is 8. The molecule has 20 nitrogen and oxygen atoms in total. The van der Waals surface area contributed by atoms with Crippen LogP contribution in [0.1, 0.15) is 107 Å². The predicted octanol–water partition coefficient (Wildman–Crippen LogP) is -0.0286. The molecular weight excluding hydrogens is 853 g/mol. The second-order valence-electron chi connectivity index (χ2n) is 18.5. The van der Waals surface area contributed by atoms with Crippen LogP contribution in [-0.2, 0) is 49.6 Å². The molecule has 1 aromatic carbocycles. The van der Waals surface area contributed by atoms with Gasteiger partial charge in [0.05, 0.1) is 13.1 Å².